The predicted molar refractivity (Wildman–Crippen MR) is 76.0 cm³/mol. The molecule has 0 spiro atoms. The zero-order chi connectivity index (χ0) is 12.6. The summed E-state index contributed by atoms with van der Waals surface area (Å²) in [6.07, 6.45) is 5.67. The summed E-state index contributed by atoms with van der Waals surface area (Å²) < 4.78 is 5.14. The fourth-order valence-corrected chi connectivity index (χ4v) is 2.14. The van der Waals surface area contributed by atoms with Crippen LogP contribution in [0.1, 0.15) is 12.0 Å². The van der Waals surface area contributed by atoms with Gasteiger partial charge in [0.25, 0.3) is 0 Å². The van der Waals surface area contributed by atoms with Crippen LogP contribution in [-0.2, 0) is 0 Å². The van der Waals surface area contributed by atoms with Crippen molar-refractivity contribution in [2.24, 2.45) is 0 Å². The number of nitrogens with one attached hydrogen (secondary N) is 1. The molecule has 3 heteroatoms. The monoisotopic (exact) mass is 246 g/mol. The lowest BCUT2D eigenvalue weighted by atomic mass is 10.2. The Bertz CT molecular complexity index is 365. The molecule has 1 aromatic carbocycles. The Labute approximate surface area is 109 Å². The molecule has 2 rings (SSSR count). The van der Waals surface area contributed by atoms with Crippen LogP contribution >= 0.6 is 0 Å². The molecule has 1 aliphatic heterocycles. The van der Waals surface area contributed by atoms with Gasteiger partial charge in [0.2, 0.25) is 0 Å². The smallest absolute Gasteiger partial charge is 0.118 e. The summed E-state index contributed by atoms with van der Waals surface area (Å²) in [6.45, 7) is 5.63. The van der Waals surface area contributed by atoms with Crippen molar-refractivity contribution in [2.75, 3.05) is 39.8 Å². The molecule has 1 N–H and O–H groups in total. The molecule has 1 heterocycles. The molecule has 0 aromatic heterocycles. The molecule has 0 amide bonds. The summed E-state index contributed by atoms with van der Waals surface area (Å²) in [5, 5.41) is 3.42. The highest BCUT2D eigenvalue weighted by Crippen LogP contribution is 2.12. The van der Waals surface area contributed by atoms with E-state index in [9.17, 15) is 0 Å². The molecule has 1 aromatic rings. The quantitative estimate of drug-likeness (QED) is 0.879. The van der Waals surface area contributed by atoms with Crippen molar-refractivity contribution < 1.29 is 4.74 Å². The molecule has 0 aliphatic carbocycles. The van der Waals surface area contributed by atoms with Crippen LogP contribution in [-0.4, -0.2) is 44.7 Å². The Morgan fingerprint density at radius 3 is 2.83 bits per heavy atom. The number of nitrogens with zero attached hydrogens (tertiary/aromatic N) is 1. The zero-order valence-electron chi connectivity index (χ0n) is 11.1. The van der Waals surface area contributed by atoms with E-state index in [0.717, 1.165) is 31.9 Å². The fraction of sp³-hybridized carbons (Fsp3) is 0.467. The van der Waals surface area contributed by atoms with Crippen molar-refractivity contribution in [3.05, 3.63) is 35.9 Å². The fourth-order valence-electron chi connectivity index (χ4n) is 2.14. The first kappa shape index (κ1) is 13.1. The third kappa shape index (κ3) is 4.17. The largest absolute Gasteiger partial charge is 0.497 e. The van der Waals surface area contributed by atoms with Gasteiger partial charge in [-0.2, -0.15) is 0 Å². The van der Waals surface area contributed by atoms with Crippen molar-refractivity contribution in [2.45, 2.75) is 6.42 Å². The summed E-state index contributed by atoms with van der Waals surface area (Å²) in [7, 11) is 1.69. The van der Waals surface area contributed by atoms with Gasteiger partial charge in [-0.15, -0.1) is 0 Å². The Balaban J connectivity index is 1.82. The van der Waals surface area contributed by atoms with Gasteiger partial charge in [-0.05, 0) is 37.2 Å². The highest BCUT2D eigenvalue weighted by molar-refractivity contribution is 5.50. The number of benzene rings is 1. The minimum absolute atomic E-state index is 0.908. The van der Waals surface area contributed by atoms with Gasteiger partial charge < -0.3 is 10.1 Å². The van der Waals surface area contributed by atoms with Crippen molar-refractivity contribution >= 4 is 6.08 Å². The van der Waals surface area contributed by atoms with E-state index < -0.39 is 0 Å². The SMILES string of the molecule is COc1ccc(/C=C/CN2CCCNCC2)cc1. The highest BCUT2D eigenvalue weighted by Gasteiger charge is 2.05. The summed E-state index contributed by atoms with van der Waals surface area (Å²) in [5.74, 6) is 0.908. The average molecular weight is 246 g/mol. The zero-order valence-corrected chi connectivity index (χ0v) is 11.1. The van der Waals surface area contributed by atoms with E-state index in [-0.39, 0.29) is 0 Å². The van der Waals surface area contributed by atoms with E-state index in [2.05, 4.69) is 34.5 Å². The molecule has 0 unspecified atom stereocenters. The van der Waals surface area contributed by atoms with Crippen molar-refractivity contribution in [3.63, 3.8) is 0 Å². The topological polar surface area (TPSA) is 24.5 Å². The first-order valence-corrected chi connectivity index (χ1v) is 6.62. The summed E-state index contributed by atoms with van der Waals surface area (Å²) in [4.78, 5) is 2.49. The average Bonchev–Trinajstić information content (AvgIpc) is 2.68. The number of rotatable bonds is 4. The number of methoxy groups -OCH3 is 1. The molecule has 0 atom stereocenters. The molecule has 3 nitrogen and oxygen atoms in total. The van der Waals surface area contributed by atoms with Gasteiger partial charge in [0.05, 0.1) is 7.11 Å². The summed E-state index contributed by atoms with van der Waals surface area (Å²) >= 11 is 0. The number of hydrogen-bond donors (Lipinski definition) is 1. The van der Waals surface area contributed by atoms with Crippen LogP contribution in [0.15, 0.2) is 30.3 Å². The van der Waals surface area contributed by atoms with E-state index in [1.807, 2.05) is 12.1 Å². The van der Waals surface area contributed by atoms with Crippen LogP contribution in [0.3, 0.4) is 0 Å². The third-order valence-electron chi connectivity index (χ3n) is 3.22. The molecular weight excluding hydrogens is 224 g/mol. The van der Waals surface area contributed by atoms with Crippen LogP contribution in [0.2, 0.25) is 0 Å². The van der Waals surface area contributed by atoms with Gasteiger partial charge in [-0.3, -0.25) is 4.90 Å². The summed E-state index contributed by atoms with van der Waals surface area (Å²) in [6, 6.07) is 8.16. The predicted octanol–water partition coefficient (Wildman–Crippen LogP) is 2.00. The maximum absolute atomic E-state index is 5.14. The lowest BCUT2D eigenvalue weighted by molar-refractivity contribution is 0.324. The van der Waals surface area contributed by atoms with Crippen LogP contribution in [0.25, 0.3) is 6.08 Å². The second kappa shape index (κ2) is 7.19. The van der Waals surface area contributed by atoms with E-state index in [4.69, 9.17) is 4.74 Å². The number of hydrogen-bond acceptors (Lipinski definition) is 3. The maximum atomic E-state index is 5.14. The molecule has 1 aliphatic rings. The second-order valence-electron chi connectivity index (χ2n) is 4.58. The van der Waals surface area contributed by atoms with Crippen molar-refractivity contribution in [1.29, 1.82) is 0 Å². The van der Waals surface area contributed by atoms with Crippen LogP contribution in [0.5, 0.6) is 5.75 Å². The van der Waals surface area contributed by atoms with Gasteiger partial charge in [-0.1, -0.05) is 24.3 Å². The molecule has 0 radical (unpaired) electrons. The summed E-state index contributed by atoms with van der Waals surface area (Å²) in [5.41, 5.74) is 1.23. The minimum atomic E-state index is 0.908. The Morgan fingerprint density at radius 1 is 1.22 bits per heavy atom. The standard InChI is InChI=1S/C15H22N2O/c1-18-15-7-5-14(6-8-15)4-2-11-17-12-3-9-16-10-13-17/h2,4-8,16H,3,9-13H2,1H3/b4-2+. The highest BCUT2D eigenvalue weighted by atomic mass is 16.5. The molecular formula is C15H22N2O. The molecule has 0 saturated carbocycles. The lowest BCUT2D eigenvalue weighted by Crippen LogP contribution is -2.28. The van der Waals surface area contributed by atoms with Crippen LogP contribution < -0.4 is 10.1 Å². The third-order valence-corrected chi connectivity index (χ3v) is 3.22. The Hall–Kier alpha value is -1.32. The molecule has 18 heavy (non-hydrogen) atoms. The van der Waals surface area contributed by atoms with Gasteiger partial charge in [0.1, 0.15) is 5.75 Å². The van der Waals surface area contributed by atoms with Gasteiger partial charge in [0, 0.05) is 19.6 Å². The van der Waals surface area contributed by atoms with E-state index in [1.54, 1.807) is 7.11 Å². The van der Waals surface area contributed by atoms with Crippen molar-refractivity contribution in [3.8, 4) is 5.75 Å². The first-order chi connectivity index (χ1) is 8.88. The van der Waals surface area contributed by atoms with Gasteiger partial charge >= 0.3 is 0 Å². The molecule has 1 fully saturated rings. The van der Waals surface area contributed by atoms with E-state index in [0.29, 0.717) is 0 Å². The molecule has 98 valence electrons. The Morgan fingerprint density at radius 2 is 2.06 bits per heavy atom. The minimum Gasteiger partial charge on any atom is -0.497 e. The van der Waals surface area contributed by atoms with E-state index >= 15 is 0 Å². The lowest BCUT2D eigenvalue weighted by Gasteiger charge is -2.16. The first-order valence-electron chi connectivity index (χ1n) is 6.62. The number of ether oxygens (including phenoxy) is 1. The second-order valence-corrected chi connectivity index (χ2v) is 4.58. The van der Waals surface area contributed by atoms with Crippen molar-refractivity contribution in [1.82, 2.24) is 10.2 Å². The maximum Gasteiger partial charge on any atom is 0.118 e. The molecule has 1 saturated heterocycles. The van der Waals surface area contributed by atoms with E-state index in [1.165, 1.54) is 18.5 Å². The van der Waals surface area contributed by atoms with Gasteiger partial charge in [-0.25, -0.2) is 0 Å². The molecule has 0 bridgehead atoms. The normalized spacial score (nSPS) is 17.8. The van der Waals surface area contributed by atoms with Crippen LogP contribution in [0.4, 0.5) is 0 Å². The Kier molecular flexibility index (Phi) is 5.24. The van der Waals surface area contributed by atoms with Gasteiger partial charge in [0.15, 0.2) is 0 Å². The van der Waals surface area contributed by atoms with Crippen LogP contribution in [0, 0.1) is 0 Å².